The first-order valence-electron chi connectivity index (χ1n) is 9.95. The summed E-state index contributed by atoms with van der Waals surface area (Å²) in [5, 5.41) is 36.6. The Hall–Kier alpha value is -2.24. The third-order valence-corrected chi connectivity index (χ3v) is 5.62. The lowest BCUT2D eigenvalue weighted by atomic mass is 10.1. The maximum Gasteiger partial charge on any atom is 0.226 e. The standard InChI is InChI=1S/C20H28ClN5O5/c1-10-12(4-5-14(23-10)31-3)15-18(21)25-20(22-6-7-30-2)26-19(15)24-13-8-11(9-27)16(28)17(13)29/h4-5,11,13,16-17,27-29H,6-9H2,1-3H3,(H2,22,24,25,26)/t11-,13-,16-,17+/m1/s1. The highest BCUT2D eigenvalue weighted by molar-refractivity contribution is 6.32. The zero-order valence-electron chi connectivity index (χ0n) is 17.7. The summed E-state index contributed by atoms with van der Waals surface area (Å²) < 4.78 is 10.2. The molecular weight excluding hydrogens is 426 g/mol. The van der Waals surface area contributed by atoms with Gasteiger partial charge in [0.05, 0.1) is 31.4 Å². The van der Waals surface area contributed by atoms with Gasteiger partial charge < -0.3 is 35.4 Å². The second kappa shape index (κ2) is 10.4. The van der Waals surface area contributed by atoms with Crippen molar-refractivity contribution >= 4 is 23.4 Å². The van der Waals surface area contributed by atoms with Gasteiger partial charge in [-0.05, 0) is 19.4 Å². The Bertz CT molecular complexity index is 903. The fourth-order valence-corrected chi connectivity index (χ4v) is 3.93. The number of rotatable bonds is 9. The van der Waals surface area contributed by atoms with Crippen LogP contribution in [0.25, 0.3) is 11.1 Å². The fraction of sp³-hybridized carbons (Fsp3) is 0.550. The van der Waals surface area contributed by atoms with Crippen LogP contribution in [0.4, 0.5) is 11.8 Å². The van der Waals surface area contributed by atoms with Crippen molar-refractivity contribution in [3.05, 3.63) is 23.0 Å². The predicted molar refractivity (Wildman–Crippen MR) is 117 cm³/mol. The molecule has 1 fully saturated rings. The first-order valence-corrected chi connectivity index (χ1v) is 10.3. The molecule has 2 heterocycles. The third-order valence-electron chi connectivity index (χ3n) is 5.35. The number of nitrogens with one attached hydrogen (secondary N) is 2. The molecule has 0 amide bonds. The summed E-state index contributed by atoms with van der Waals surface area (Å²) in [5.41, 5.74) is 1.87. The largest absolute Gasteiger partial charge is 0.481 e. The smallest absolute Gasteiger partial charge is 0.226 e. The van der Waals surface area contributed by atoms with Crippen LogP contribution in [-0.2, 0) is 4.74 Å². The van der Waals surface area contributed by atoms with Crippen LogP contribution in [-0.4, -0.2) is 82.5 Å². The average Bonchev–Trinajstić information content (AvgIpc) is 3.02. The third kappa shape index (κ3) is 5.16. The van der Waals surface area contributed by atoms with E-state index in [4.69, 9.17) is 21.1 Å². The predicted octanol–water partition coefficient (Wildman–Crippen LogP) is 1.08. The Balaban J connectivity index is 2.01. The van der Waals surface area contributed by atoms with Crippen molar-refractivity contribution in [1.29, 1.82) is 0 Å². The van der Waals surface area contributed by atoms with Crippen LogP contribution in [0, 0.1) is 12.8 Å². The molecule has 2 aromatic heterocycles. The molecule has 10 nitrogen and oxygen atoms in total. The zero-order valence-corrected chi connectivity index (χ0v) is 18.4. The number of aryl methyl sites for hydroxylation is 1. The van der Waals surface area contributed by atoms with Crippen LogP contribution in [0.5, 0.6) is 5.88 Å². The highest BCUT2D eigenvalue weighted by atomic mass is 35.5. The summed E-state index contributed by atoms with van der Waals surface area (Å²) in [5.74, 6) is 0.701. The second-order valence-corrected chi connectivity index (χ2v) is 7.74. The van der Waals surface area contributed by atoms with Crippen molar-refractivity contribution in [3.8, 4) is 17.0 Å². The number of nitrogens with zero attached hydrogens (tertiary/aromatic N) is 3. The van der Waals surface area contributed by atoms with E-state index in [1.807, 2.05) is 13.0 Å². The Morgan fingerprint density at radius 2 is 1.94 bits per heavy atom. The number of methoxy groups -OCH3 is 2. The van der Waals surface area contributed by atoms with E-state index in [2.05, 4.69) is 25.6 Å². The maximum absolute atomic E-state index is 10.5. The minimum Gasteiger partial charge on any atom is -0.481 e. The van der Waals surface area contributed by atoms with Crippen LogP contribution < -0.4 is 15.4 Å². The number of hydrogen-bond acceptors (Lipinski definition) is 10. The molecular formula is C20H28ClN5O5. The molecule has 1 aliphatic rings. The van der Waals surface area contributed by atoms with Gasteiger partial charge in [0.2, 0.25) is 11.8 Å². The van der Waals surface area contributed by atoms with Crippen molar-refractivity contribution in [3.63, 3.8) is 0 Å². The molecule has 31 heavy (non-hydrogen) atoms. The molecule has 0 aliphatic heterocycles. The van der Waals surface area contributed by atoms with Gasteiger partial charge in [-0.1, -0.05) is 11.6 Å². The van der Waals surface area contributed by atoms with Crippen LogP contribution >= 0.6 is 11.6 Å². The number of pyridine rings is 1. The van der Waals surface area contributed by atoms with E-state index in [-0.39, 0.29) is 11.8 Å². The molecule has 0 aromatic carbocycles. The molecule has 1 aliphatic carbocycles. The summed E-state index contributed by atoms with van der Waals surface area (Å²) >= 11 is 6.56. The highest BCUT2D eigenvalue weighted by Crippen LogP contribution is 2.38. The zero-order chi connectivity index (χ0) is 22.5. The summed E-state index contributed by atoms with van der Waals surface area (Å²) in [6.07, 6.45) is -1.74. The molecule has 5 N–H and O–H groups in total. The molecule has 0 bridgehead atoms. The maximum atomic E-state index is 10.5. The molecule has 0 radical (unpaired) electrons. The van der Waals surface area contributed by atoms with E-state index in [1.54, 1.807) is 13.2 Å². The van der Waals surface area contributed by atoms with Gasteiger partial charge in [0.25, 0.3) is 0 Å². The second-order valence-electron chi connectivity index (χ2n) is 7.38. The van der Waals surface area contributed by atoms with E-state index >= 15 is 0 Å². The minimum atomic E-state index is -1.07. The van der Waals surface area contributed by atoms with Gasteiger partial charge in [0, 0.05) is 43.5 Å². The van der Waals surface area contributed by atoms with Gasteiger partial charge in [-0.3, -0.25) is 0 Å². The molecule has 0 spiro atoms. The molecule has 0 saturated heterocycles. The lowest BCUT2D eigenvalue weighted by molar-refractivity contribution is 0.00446. The van der Waals surface area contributed by atoms with Crippen molar-refractivity contribution in [1.82, 2.24) is 15.0 Å². The molecule has 2 aromatic rings. The van der Waals surface area contributed by atoms with Crippen LogP contribution in [0.2, 0.25) is 5.15 Å². The monoisotopic (exact) mass is 453 g/mol. The van der Waals surface area contributed by atoms with Gasteiger partial charge in [0.1, 0.15) is 17.1 Å². The number of halogens is 1. The van der Waals surface area contributed by atoms with Crippen LogP contribution in [0.3, 0.4) is 0 Å². The lowest BCUT2D eigenvalue weighted by Gasteiger charge is -2.22. The van der Waals surface area contributed by atoms with E-state index in [1.165, 1.54) is 7.11 Å². The molecule has 4 atom stereocenters. The SMILES string of the molecule is COCCNc1nc(Cl)c(-c2ccc(OC)nc2C)c(N[C@@H]2C[C@H](CO)[C@@H](O)[C@H]2O)n1. The Morgan fingerprint density at radius 1 is 1.16 bits per heavy atom. The summed E-state index contributed by atoms with van der Waals surface area (Å²) in [4.78, 5) is 13.3. The first-order chi connectivity index (χ1) is 14.9. The molecule has 3 rings (SSSR count). The van der Waals surface area contributed by atoms with E-state index in [0.29, 0.717) is 54.0 Å². The number of ether oxygens (including phenoxy) is 2. The number of aromatic nitrogens is 3. The highest BCUT2D eigenvalue weighted by Gasteiger charge is 2.41. The summed E-state index contributed by atoms with van der Waals surface area (Å²) in [6.45, 7) is 2.53. The number of aliphatic hydroxyl groups excluding tert-OH is 3. The quantitative estimate of drug-likeness (QED) is 0.276. The van der Waals surface area contributed by atoms with Crippen molar-refractivity contribution < 1.29 is 24.8 Å². The molecule has 1 saturated carbocycles. The van der Waals surface area contributed by atoms with Crippen molar-refractivity contribution in [2.45, 2.75) is 31.6 Å². The number of anilines is 2. The summed E-state index contributed by atoms with van der Waals surface area (Å²) in [7, 11) is 3.13. The average molecular weight is 454 g/mol. The van der Waals surface area contributed by atoms with Gasteiger partial charge in [-0.25, -0.2) is 9.97 Å². The van der Waals surface area contributed by atoms with Gasteiger partial charge in [-0.15, -0.1) is 0 Å². The topological polar surface area (TPSA) is 142 Å². The van der Waals surface area contributed by atoms with E-state index in [0.717, 1.165) is 0 Å². The molecule has 11 heteroatoms. The number of aliphatic hydroxyl groups is 3. The van der Waals surface area contributed by atoms with Crippen LogP contribution in [0.15, 0.2) is 12.1 Å². The first kappa shape index (κ1) is 23.4. The normalized spacial score (nSPS) is 23.1. The summed E-state index contributed by atoms with van der Waals surface area (Å²) in [6, 6.07) is 2.99. The van der Waals surface area contributed by atoms with Gasteiger partial charge in [-0.2, -0.15) is 4.98 Å². The van der Waals surface area contributed by atoms with Crippen molar-refractivity contribution in [2.24, 2.45) is 5.92 Å². The Morgan fingerprint density at radius 3 is 2.55 bits per heavy atom. The Kier molecular flexibility index (Phi) is 7.84. The van der Waals surface area contributed by atoms with E-state index in [9.17, 15) is 15.3 Å². The lowest BCUT2D eigenvalue weighted by Crippen LogP contribution is -2.35. The Labute approximate surface area is 185 Å². The van der Waals surface area contributed by atoms with Gasteiger partial charge >= 0.3 is 0 Å². The molecule has 170 valence electrons. The van der Waals surface area contributed by atoms with Gasteiger partial charge in [0.15, 0.2) is 0 Å². The number of hydrogen-bond donors (Lipinski definition) is 5. The fourth-order valence-electron chi connectivity index (χ4n) is 3.66. The van der Waals surface area contributed by atoms with Crippen molar-refractivity contribution in [2.75, 3.05) is 44.6 Å². The molecule has 0 unspecified atom stereocenters. The van der Waals surface area contributed by atoms with Crippen LogP contribution in [0.1, 0.15) is 12.1 Å². The minimum absolute atomic E-state index is 0.194. The van der Waals surface area contributed by atoms with E-state index < -0.39 is 24.2 Å².